The Bertz CT molecular complexity index is 508. The zero-order chi connectivity index (χ0) is 13.8. The van der Waals surface area contributed by atoms with Gasteiger partial charge in [-0.15, -0.1) is 0 Å². The first kappa shape index (κ1) is 15.9. The van der Waals surface area contributed by atoms with Crippen molar-refractivity contribution in [3.8, 4) is 0 Å². The van der Waals surface area contributed by atoms with E-state index in [1.54, 1.807) is 18.2 Å². The third-order valence-electron chi connectivity index (χ3n) is 2.21. The summed E-state index contributed by atoms with van der Waals surface area (Å²) in [6.07, 6.45) is 0.400. The summed E-state index contributed by atoms with van der Waals surface area (Å²) < 4.78 is 29.0. The second kappa shape index (κ2) is 6.85. The van der Waals surface area contributed by atoms with E-state index in [1.807, 2.05) is 0 Å². The molecule has 0 unspecified atom stereocenters. The molecule has 2 N–H and O–H groups in total. The van der Waals surface area contributed by atoms with Gasteiger partial charge in [-0.2, -0.15) is 12.7 Å². The number of rotatable bonds is 6. The topological polar surface area (TPSA) is 69.6 Å². The second-order valence-electron chi connectivity index (χ2n) is 3.63. The van der Waals surface area contributed by atoms with Gasteiger partial charge in [0.25, 0.3) is 0 Å². The molecule has 0 aliphatic rings. The summed E-state index contributed by atoms with van der Waals surface area (Å²) in [6, 6.07) is 5.22. The highest BCUT2D eigenvalue weighted by Crippen LogP contribution is 2.27. The highest BCUT2D eigenvalue weighted by atomic mass is 79.9. The van der Waals surface area contributed by atoms with Gasteiger partial charge in [0.05, 0.1) is 5.69 Å². The summed E-state index contributed by atoms with van der Waals surface area (Å²) in [5.74, 6) is 0. The van der Waals surface area contributed by atoms with Crippen LogP contribution in [0.1, 0.15) is 6.42 Å². The van der Waals surface area contributed by atoms with E-state index in [4.69, 9.17) is 5.11 Å². The summed E-state index contributed by atoms with van der Waals surface area (Å²) in [7, 11) is -2.14. The number of nitrogens with one attached hydrogen (secondary N) is 1. The number of hydrogen-bond acceptors (Lipinski definition) is 3. The molecule has 8 heteroatoms. The van der Waals surface area contributed by atoms with Crippen molar-refractivity contribution in [2.75, 3.05) is 24.9 Å². The van der Waals surface area contributed by atoms with Crippen molar-refractivity contribution < 1.29 is 13.5 Å². The molecule has 102 valence electrons. The summed E-state index contributed by atoms with van der Waals surface area (Å²) in [5.41, 5.74) is 0.459. The zero-order valence-corrected chi connectivity index (χ0v) is 13.7. The average Bonchev–Trinajstić information content (AvgIpc) is 2.30. The Labute approximate surface area is 124 Å². The summed E-state index contributed by atoms with van der Waals surface area (Å²) in [6.45, 7) is 0.220. The number of anilines is 1. The molecule has 0 saturated heterocycles. The highest BCUT2D eigenvalue weighted by Gasteiger charge is 2.18. The standard InChI is InChI=1S/C10H14Br2N2O3S/c1-14(5-2-6-15)18(16,17)13-10-7-8(11)3-4-9(10)12/h3-4,7,13,15H,2,5-6H2,1H3. The molecular weight excluding hydrogens is 388 g/mol. The van der Waals surface area contributed by atoms with Gasteiger partial charge in [0, 0.05) is 29.1 Å². The van der Waals surface area contributed by atoms with Gasteiger partial charge in [0.1, 0.15) is 0 Å². The van der Waals surface area contributed by atoms with Gasteiger partial charge < -0.3 is 5.11 Å². The van der Waals surface area contributed by atoms with E-state index in [0.717, 1.165) is 8.78 Å². The molecule has 0 fully saturated rings. The number of aliphatic hydroxyl groups is 1. The molecule has 0 spiro atoms. The fourth-order valence-electron chi connectivity index (χ4n) is 1.21. The number of aliphatic hydroxyl groups excluding tert-OH is 1. The summed E-state index contributed by atoms with van der Waals surface area (Å²) in [5, 5.41) is 8.70. The largest absolute Gasteiger partial charge is 0.396 e. The molecule has 1 aromatic carbocycles. The van der Waals surface area contributed by atoms with Crippen LogP contribution in [0.15, 0.2) is 27.1 Å². The van der Waals surface area contributed by atoms with Gasteiger partial charge in [-0.25, -0.2) is 0 Å². The molecule has 1 aromatic rings. The number of nitrogens with zero attached hydrogens (tertiary/aromatic N) is 1. The maximum Gasteiger partial charge on any atom is 0.301 e. The van der Waals surface area contributed by atoms with E-state index in [1.165, 1.54) is 7.05 Å². The Balaban J connectivity index is 2.85. The van der Waals surface area contributed by atoms with Gasteiger partial charge >= 0.3 is 10.2 Å². The molecule has 0 bridgehead atoms. The maximum atomic E-state index is 12.0. The fourth-order valence-corrected chi connectivity index (χ4v) is 3.02. The normalized spacial score (nSPS) is 11.8. The zero-order valence-electron chi connectivity index (χ0n) is 9.73. The summed E-state index contributed by atoms with van der Waals surface area (Å²) >= 11 is 6.56. The van der Waals surface area contributed by atoms with Crippen LogP contribution in [0.5, 0.6) is 0 Å². The third kappa shape index (κ3) is 4.51. The molecule has 0 radical (unpaired) electrons. The molecule has 0 heterocycles. The molecular formula is C10H14Br2N2O3S. The van der Waals surface area contributed by atoms with Crippen LogP contribution in [0.2, 0.25) is 0 Å². The number of benzene rings is 1. The Kier molecular flexibility index (Phi) is 6.06. The number of halogens is 2. The lowest BCUT2D eigenvalue weighted by atomic mass is 10.3. The second-order valence-corrected chi connectivity index (χ2v) is 7.18. The van der Waals surface area contributed by atoms with Gasteiger partial charge in [-0.1, -0.05) is 15.9 Å². The van der Waals surface area contributed by atoms with Crippen LogP contribution in [0.4, 0.5) is 5.69 Å². The fraction of sp³-hybridized carbons (Fsp3) is 0.400. The molecule has 0 aromatic heterocycles. The highest BCUT2D eigenvalue weighted by molar-refractivity contribution is 9.11. The first-order valence-corrected chi connectivity index (χ1v) is 8.19. The molecule has 5 nitrogen and oxygen atoms in total. The van der Waals surface area contributed by atoms with Gasteiger partial charge in [-0.05, 0) is 40.5 Å². The van der Waals surface area contributed by atoms with Crippen molar-refractivity contribution in [1.82, 2.24) is 4.31 Å². The molecule has 0 aliphatic heterocycles. The lowest BCUT2D eigenvalue weighted by Gasteiger charge is -2.18. The van der Waals surface area contributed by atoms with Crippen LogP contribution in [-0.2, 0) is 10.2 Å². The van der Waals surface area contributed by atoms with Crippen LogP contribution in [0.3, 0.4) is 0 Å². The van der Waals surface area contributed by atoms with Crippen LogP contribution < -0.4 is 4.72 Å². The first-order chi connectivity index (χ1) is 8.36. The van der Waals surface area contributed by atoms with Crippen molar-refractivity contribution in [2.45, 2.75) is 6.42 Å². The minimum absolute atomic E-state index is 0.0412. The van der Waals surface area contributed by atoms with Gasteiger partial charge in [0.2, 0.25) is 0 Å². The molecule has 0 amide bonds. The molecule has 0 saturated carbocycles. The predicted molar refractivity (Wildman–Crippen MR) is 78.7 cm³/mol. The van der Waals surface area contributed by atoms with Crippen LogP contribution in [0, 0.1) is 0 Å². The van der Waals surface area contributed by atoms with E-state index in [2.05, 4.69) is 36.6 Å². The Hall–Kier alpha value is -0.150. The smallest absolute Gasteiger partial charge is 0.301 e. The van der Waals surface area contributed by atoms with Crippen LogP contribution in [-0.4, -0.2) is 38.0 Å². The van der Waals surface area contributed by atoms with E-state index in [0.29, 0.717) is 16.6 Å². The Morgan fingerprint density at radius 3 is 2.67 bits per heavy atom. The Morgan fingerprint density at radius 1 is 1.39 bits per heavy atom. The van der Waals surface area contributed by atoms with E-state index in [-0.39, 0.29) is 13.2 Å². The van der Waals surface area contributed by atoms with Gasteiger partial charge in [0.15, 0.2) is 0 Å². The first-order valence-electron chi connectivity index (χ1n) is 5.17. The van der Waals surface area contributed by atoms with Gasteiger partial charge in [-0.3, -0.25) is 4.72 Å². The quantitative estimate of drug-likeness (QED) is 0.767. The SMILES string of the molecule is CN(CCCO)S(=O)(=O)Nc1cc(Br)ccc1Br. The summed E-state index contributed by atoms with van der Waals surface area (Å²) in [4.78, 5) is 0. The van der Waals surface area contributed by atoms with E-state index >= 15 is 0 Å². The van der Waals surface area contributed by atoms with Crippen molar-refractivity contribution in [3.63, 3.8) is 0 Å². The van der Waals surface area contributed by atoms with Crippen molar-refractivity contribution >= 4 is 47.8 Å². The minimum atomic E-state index is -3.60. The molecule has 0 aliphatic carbocycles. The molecule has 0 atom stereocenters. The van der Waals surface area contributed by atoms with E-state index in [9.17, 15) is 8.42 Å². The Morgan fingerprint density at radius 2 is 2.06 bits per heavy atom. The lowest BCUT2D eigenvalue weighted by Crippen LogP contribution is -2.33. The molecule has 18 heavy (non-hydrogen) atoms. The van der Waals surface area contributed by atoms with Crippen LogP contribution >= 0.6 is 31.9 Å². The third-order valence-corrected chi connectivity index (χ3v) is 4.87. The van der Waals surface area contributed by atoms with Crippen molar-refractivity contribution in [3.05, 3.63) is 27.1 Å². The van der Waals surface area contributed by atoms with Crippen molar-refractivity contribution in [2.24, 2.45) is 0 Å². The van der Waals surface area contributed by atoms with E-state index < -0.39 is 10.2 Å². The predicted octanol–water partition coefficient (Wildman–Crippen LogP) is 2.18. The lowest BCUT2D eigenvalue weighted by molar-refractivity contribution is 0.276. The van der Waals surface area contributed by atoms with Crippen molar-refractivity contribution in [1.29, 1.82) is 0 Å². The minimum Gasteiger partial charge on any atom is -0.396 e. The maximum absolute atomic E-state index is 12.0. The van der Waals surface area contributed by atoms with Crippen LogP contribution in [0.25, 0.3) is 0 Å². The average molecular weight is 402 g/mol. The number of hydrogen-bond donors (Lipinski definition) is 2. The monoisotopic (exact) mass is 400 g/mol. The molecule has 1 rings (SSSR count).